The van der Waals surface area contributed by atoms with Crippen LogP contribution in [0.2, 0.25) is 0 Å². The van der Waals surface area contributed by atoms with Gasteiger partial charge in [-0.05, 0) is 12.0 Å². The molecule has 1 aromatic rings. The van der Waals surface area contributed by atoms with Crippen LogP contribution in [0.3, 0.4) is 0 Å². The molecule has 2 aliphatic rings. The van der Waals surface area contributed by atoms with E-state index in [1.165, 1.54) is 36.6 Å². The fourth-order valence-corrected chi connectivity index (χ4v) is 5.15. The van der Waals surface area contributed by atoms with Crippen molar-refractivity contribution in [1.29, 1.82) is 0 Å². The molecule has 188 valence electrons. The number of hydrogen-bond acceptors (Lipinski definition) is 12. The van der Waals surface area contributed by atoms with Gasteiger partial charge in [0.05, 0.1) is 0 Å². The first-order chi connectivity index (χ1) is 16.7. The SMILES string of the molecule is C=CC1=C(C(=O)OC(C)OC(C)=O)N2C(=O)C(NC(=O)C(=NOCCC)c3csc(N)n3)[C@H]2SC1. The lowest BCUT2D eigenvalue weighted by Gasteiger charge is -2.49. The first-order valence-electron chi connectivity index (χ1n) is 10.6. The van der Waals surface area contributed by atoms with E-state index in [-0.39, 0.29) is 28.8 Å². The number of anilines is 1. The number of rotatable bonds is 10. The number of nitrogen functional groups attached to an aromatic ring is 1. The van der Waals surface area contributed by atoms with Crippen molar-refractivity contribution in [1.82, 2.24) is 15.2 Å². The number of fused-ring (bicyclic) bond motifs is 1. The predicted molar refractivity (Wildman–Crippen MR) is 129 cm³/mol. The summed E-state index contributed by atoms with van der Waals surface area (Å²) in [6, 6.07) is -0.931. The molecule has 0 aliphatic carbocycles. The van der Waals surface area contributed by atoms with Gasteiger partial charge in [0.15, 0.2) is 10.8 Å². The van der Waals surface area contributed by atoms with Gasteiger partial charge in [0, 0.05) is 25.0 Å². The summed E-state index contributed by atoms with van der Waals surface area (Å²) in [5.74, 6) is -2.31. The highest BCUT2D eigenvalue weighted by molar-refractivity contribution is 8.00. The Morgan fingerprint density at radius 1 is 1.43 bits per heavy atom. The van der Waals surface area contributed by atoms with Gasteiger partial charge >= 0.3 is 11.9 Å². The van der Waals surface area contributed by atoms with Crippen molar-refractivity contribution in [2.24, 2.45) is 5.16 Å². The summed E-state index contributed by atoms with van der Waals surface area (Å²) in [6.07, 6.45) is 0.989. The van der Waals surface area contributed by atoms with E-state index in [0.717, 1.165) is 11.3 Å². The molecule has 3 rings (SSSR count). The van der Waals surface area contributed by atoms with Crippen LogP contribution in [0.4, 0.5) is 5.13 Å². The lowest BCUT2D eigenvalue weighted by Crippen LogP contribution is -2.71. The number of nitrogens with two attached hydrogens (primary N) is 1. The molecule has 1 fully saturated rings. The molecule has 0 aromatic carbocycles. The Morgan fingerprint density at radius 3 is 2.77 bits per heavy atom. The van der Waals surface area contributed by atoms with Crippen LogP contribution < -0.4 is 11.1 Å². The summed E-state index contributed by atoms with van der Waals surface area (Å²) in [4.78, 5) is 60.4. The van der Waals surface area contributed by atoms with Gasteiger partial charge in [-0.3, -0.25) is 19.3 Å². The smallest absolute Gasteiger partial charge is 0.358 e. The Labute approximate surface area is 209 Å². The van der Waals surface area contributed by atoms with E-state index in [0.29, 0.717) is 17.7 Å². The molecule has 0 saturated carbocycles. The Balaban J connectivity index is 1.77. The number of thioether (sulfide) groups is 1. The number of nitrogens with one attached hydrogen (secondary N) is 1. The summed E-state index contributed by atoms with van der Waals surface area (Å²) in [6.45, 7) is 8.44. The summed E-state index contributed by atoms with van der Waals surface area (Å²) in [5, 5.41) is 7.78. The molecule has 14 heteroatoms. The number of amides is 2. The molecule has 1 saturated heterocycles. The molecule has 35 heavy (non-hydrogen) atoms. The van der Waals surface area contributed by atoms with Crippen LogP contribution >= 0.6 is 23.1 Å². The average molecular weight is 524 g/mol. The monoisotopic (exact) mass is 523 g/mol. The summed E-state index contributed by atoms with van der Waals surface area (Å²) in [7, 11) is 0. The zero-order chi connectivity index (χ0) is 25.7. The quantitative estimate of drug-likeness (QED) is 0.114. The highest BCUT2D eigenvalue weighted by atomic mass is 32.2. The number of oxime groups is 1. The molecule has 1 aromatic heterocycles. The van der Waals surface area contributed by atoms with E-state index >= 15 is 0 Å². The number of esters is 2. The fraction of sp³-hybridized carbons (Fsp3) is 0.429. The number of β-lactam (4-membered cyclic amide) rings is 1. The summed E-state index contributed by atoms with van der Waals surface area (Å²) in [5.41, 5.74) is 6.26. The van der Waals surface area contributed by atoms with Crippen molar-refractivity contribution in [3.05, 3.63) is 35.0 Å². The number of carbonyl (C=O) groups excluding carboxylic acids is 4. The maximum Gasteiger partial charge on any atom is 0.358 e. The Hall–Kier alpha value is -3.39. The van der Waals surface area contributed by atoms with Gasteiger partial charge in [-0.1, -0.05) is 24.7 Å². The van der Waals surface area contributed by atoms with Crippen molar-refractivity contribution in [3.63, 3.8) is 0 Å². The van der Waals surface area contributed by atoms with E-state index in [1.54, 1.807) is 5.38 Å². The third kappa shape index (κ3) is 5.82. The number of nitrogens with zero attached hydrogens (tertiary/aromatic N) is 3. The van der Waals surface area contributed by atoms with E-state index in [2.05, 4.69) is 22.0 Å². The fourth-order valence-electron chi connectivity index (χ4n) is 3.26. The van der Waals surface area contributed by atoms with Crippen LogP contribution in [-0.4, -0.2) is 69.4 Å². The second-order valence-electron chi connectivity index (χ2n) is 7.37. The van der Waals surface area contributed by atoms with E-state index < -0.39 is 41.5 Å². The number of aromatic nitrogens is 1. The van der Waals surface area contributed by atoms with Gasteiger partial charge < -0.3 is 25.4 Å². The van der Waals surface area contributed by atoms with Crippen LogP contribution in [-0.2, 0) is 33.5 Å². The maximum atomic E-state index is 13.0. The first-order valence-corrected chi connectivity index (χ1v) is 12.5. The molecule has 0 radical (unpaired) electrons. The molecule has 0 spiro atoms. The highest BCUT2D eigenvalue weighted by Gasteiger charge is 2.54. The Morgan fingerprint density at radius 2 is 2.17 bits per heavy atom. The minimum atomic E-state index is -1.15. The molecule has 3 N–H and O–H groups in total. The van der Waals surface area contributed by atoms with Gasteiger partial charge in [-0.15, -0.1) is 23.1 Å². The molecule has 3 heterocycles. The molecule has 0 bridgehead atoms. The number of carbonyl (C=O) groups is 4. The summed E-state index contributed by atoms with van der Waals surface area (Å²) >= 11 is 2.48. The second kappa shape index (κ2) is 11.4. The molecule has 12 nitrogen and oxygen atoms in total. The maximum absolute atomic E-state index is 13.0. The number of hydrogen-bond donors (Lipinski definition) is 2. The third-order valence-corrected chi connectivity index (χ3v) is 6.74. The molecule has 2 aliphatic heterocycles. The lowest BCUT2D eigenvalue weighted by atomic mass is 10.0. The van der Waals surface area contributed by atoms with Gasteiger partial charge in [0.2, 0.25) is 6.29 Å². The van der Waals surface area contributed by atoms with Crippen LogP contribution in [0.1, 0.15) is 32.9 Å². The molecule has 3 atom stereocenters. The Kier molecular flexibility index (Phi) is 8.51. The van der Waals surface area contributed by atoms with Crippen LogP contribution in [0, 0.1) is 0 Å². The van der Waals surface area contributed by atoms with E-state index in [1.807, 2.05) is 6.92 Å². The largest absolute Gasteiger partial charge is 0.426 e. The standard InChI is InChI=1S/C21H25N5O7S2/c1-5-7-31-25-14(13-9-35-21(22)23-13)17(28)24-15-18(29)26-16(12(6-2)8-34-19(15)26)20(30)33-11(4)32-10(3)27/h6,9,11,15,19H,2,5,7-8H2,1,3-4H3,(H2,22,23)(H,24,28)/t11?,15?,19-/m1/s1. The van der Waals surface area contributed by atoms with Gasteiger partial charge in [-0.2, -0.15) is 0 Å². The van der Waals surface area contributed by atoms with Crippen molar-refractivity contribution >= 4 is 57.7 Å². The Bertz CT molecular complexity index is 1100. The highest BCUT2D eigenvalue weighted by Crippen LogP contribution is 2.41. The minimum Gasteiger partial charge on any atom is -0.426 e. The van der Waals surface area contributed by atoms with E-state index in [9.17, 15) is 19.2 Å². The topological polar surface area (TPSA) is 163 Å². The van der Waals surface area contributed by atoms with Gasteiger partial charge in [-0.25, -0.2) is 9.78 Å². The first kappa shape index (κ1) is 26.2. The molecule has 2 unspecified atom stereocenters. The normalized spacial score (nSPS) is 20.4. The van der Waals surface area contributed by atoms with Crippen molar-refractivity contribution < 1.29 is 33.5 Å². The molecule has 2 amide bonds. The second-order valence-corrected chi connectivity index (χ2v) is 9.36. The van der Waals surface area contributed by atoms with Crippen LogP contribution in [0.15, 0.2) is 34.5 Å². The van der Waals surface area contributed by atoms with Crippen molar-refractivity contribution in [3.8, 4) is 0 Å². The van der Waals surface area contributed by atoms with Crippen molar-refractivity contribution in [2.75, 3.05) is 18.1 Å². The van der Waals surface area contributed by atoms with Gasteiger partial charge in [0.1, 0.15) is 29.4 Å². The molecular formula is C21H25N5O7S2. The summed E-state index contributed by atoms with van der Waals surface area (Å²) < 4.78 is 10.0. The third-order valence-electron chi connectivity index (χ3n) is 4.76. The van der Waals surface area contributed by atoms with Crippen LogP contribution in [0.25, 0.3) is 0 Å². The number of ether oxygens (including phenoxy) is 2. The van der Waals surface area contributed by atoms with Gasteiger partial charge in [0.25, 0.3) is 11.8 Å². The predicted octanol–water partition coefficient (Wildman–Crippen LogP) is 1.15. The average Bonchev–Trinajstić information content (AvgIpc) is 3.24. The van der Waals surface area contributed by atoms with Crippen LogP contribution in [0.5, 0.6) is 0 Å². The zero-order valence-electron chi connectivity index (χ0n) is 19.3. The minimum absolute atomic E-state index is 0.00862. The lowest BCUT2D eigenvalue weighted by molar-refractivity contribution is -0.182. The van der Waals surface area contributed by atoms with Crippen molar-refractivity contribution in [2.45, 2.75) is 44.9 Å². The van der Waals surface area contributed by atoms with E-state index in [4.69, 9.17) is 20.0 Å². The zero-order valence-corrected chi connectivity index (χ0v) is 20.9. The molecular weight excluding hydrogens is 498 g/mol. The number of thiazole rings is 1. The number of allylic oxidation sites excluding steroid dienone is 1.